The zero-order valence-corrected chi connectivity index (χ0v) is 14.1. The third-order valence-electron chi connectivity index (χ3n) is 2.37. The van der Waals surface area contributed by atoms with Crippen molar-refractivity contribution in [3.05, 3.63) is 0 Å². The summed E-state index contributed by atoms with van der Waals surface area (Å²) in [5.41, 5.74) is 0. The molecular weight excluding hydrogens is 310 g/mol. The molecule has 0 fully saturated rings. The lowest BCUT2D eigenvalue weighted by molar-refractivity contribution is 0.234. The van der Waals surface area contributed by atoms with Gasteiger partial charge in [0.2, 0.25) is 0 Å². The zero-order chi connectivity index (χ0) is 15.3. The van der Waals surface area contributed by atoms with Crippen molar-refractivity contribution in [1.82, 2.24) is 15.0 Å². The van der Waals surface area contributed by atoms with Gasteiger partial charge in [-0.05, 0) is 30.8 Å². The van der Waals surface area contributed by atoms with Crippen molar-refractivity contribution in [2.24, 2.45) is 0 Å². The van der Waals surface area contributed by atoms with Gasteiger partial charge in [0, 0.05) is 0 Å². The molecular formula is C13H23N3O3S2. The summed E-state index contributed by atoms with van der Waals surface area (Å²) in [4.78, 5) is 12.3. The quantitative estimate of drug-likeness (QED) is 0.452. The van der Waals surface area contributed by atoms with Crippen LogP contribution in [0.2, 0.25) is 0 Å². The highest BCUT2D eigenvalue weighted by Gasteiger charge is 2.09. The Kier molecular flexibility index (Phi) is 10.1. The van der Waals surface area contributed by atoms with Crippen LogP contribution in [0.1, 0.15) is 32.6 Å². The summed E-state index contributed by atoms with van der Waals surface area (Å²) < 4.78 is 16.4. The van der Waals surface area contributed by atoms with Gasteiger partial charge in [0.05, 0.1) is 19.8 Å². The third-order valence-corrected chi connectivity index (χ3v) is 3.00. The van der Waals surface area contributed by atoms with E-state index in [0.29, 0.717) is 19.8 Å². The van der Waals surface area contributed by atoms with Crippen LogP contribution in [0.15, 0.2) is 0 Å². The van der Waals surface area contributed by atoms with Crippen molar-refractivity contribution in [2.45, 2.75) is 32.6 Å². The Hall–Kier alpha value is -0.890. The minimum Gasteiger partial charge on any atom is -0.463 e. The monoisotopic (exact) mass is 333 g/mol. The predicted molar refractivity (Wildman–Crippen MR) is 88.2 cm³/mol. The van der Waals surface area contributed by atoms with E-state index in [2.05, 4.69) is 47.1 Å². The summed E-state index contributed by atoms with van der Waals surface area (Å²) in [6, 6.07) is 0.679. The molecule has 1 rings (SSSR count). The third kappa shape index (κ3) is 8.21. The maximum atomic E-state index is 5.49. The molecule has 1 aromatic heterocycles. The first-order chi connectivity index (χ1) is 10.3. The molecule has 0 aliphatic carbocycles. The Morgan fingerprint density at radius 3 is 1.43 bits per heavy atom. The van der Waals surface area contributed by atoms with Gasteiger partial charge in [-0.3, -0.25) is 0 Å². The van der Waals surface area contributed by atoms with Crippen molar-refractivity contribution in [2.75, 3.05) is 31.3 Å². The number of ether oxygens (including phenoxy) is 3. The van der Waals surface area contributed by atoms with E-state index < -0.39 is 0 Å². The van der Waals surface area contributed by atoms with Crippen LogP contribution < -0.4 is 14.2 Å². The Labute approximate surface area is 136 Å². The number of hydrogen-bond acceptors (Lipinski definition) is 8. The first-order valence-electron chi connectivity index (χ1n) is 7.16. The molecule has 1 heterocycles. The molecule has 0 bridgehead atoms. The Balaban J connectivity index is 2.65. The van der Waals surface area contributed by atoms with Crippen molar-refractivity contribution in [3.8, 4) is 18.0 Å². The van der Waals surface area contributed by atoms with Crippen molar-refractivity contribution >= 4 is 25.3 Å². The Morgan fingerprint density at radius 2 is 1.10 bits per heavy atom. The van der Waals surface area contributed by atoms with Crippen LogP contribution in [0.25, 0.3) is 0 Å². The highest BCUT2D eigenvalue weighted by atomic mass is 32.1. The van der Waals surface area contributed by atoms with Gasteiger partial charge in [-0.25, -0.2) is 0 Å². The molecule has 8 heteroatoms. The van der Waals surface area contributed by atoms with E-state index in [1.54, 1.807) is 0 Å². The maximum absolute atomic E-state index is 5.49. The van der Waals surface area contributed by atoms with Crippen molar-refractivity contribution in [3.63, 3.8) is 0 Å². The topological polar surface area (TPSA) is 66.4 Å². The summed E-state index contributed by atoms with van der Waals surface area (Å²) in [6.07, 6.45) is 3.62. The Morgan fingerprint density at radius 1 is 0.714 bits per heavy atom. The molecule has 120 valence electrons. The predicted octanol–water partition coefficient (Wildman–Crippen LogP) is 2.45. The van der Waals surface area contributed by atoms with E-state index in [1.807, 2.05) is 0 Å². The summed E-state index contributed by atoms with van der Waals surface area (Å²) in [6.45, 7) is 3.65. The molecule has 0 aliphatic heterocycles. The zero-order valence-electron chi connectivity index (χ0n) is 12.3. The highest BCUT2D eigenvalue weighted by molar-refractivity contribution is 7.80. The molecule has 0 unspecified atom stereocenters. The maximum Gasteiger partial charge on any atom is 0.325 e. The second-order valence-corrected chi connectivity index (χ2v) is 5.13. The van der Waals surface area contributed by atoms with E-state index in [1.165, 1.54) is 0 Å². The number of hydrogen-bond donors (Lipinski definition) is 2. The molecule has 0 radical (unpaired) electrons. The molecule has 1 aromatic rings. The summed E-state index contributed by atoms with van der Waals surface area (Å²) in [7, 11) is 0. The van der Waals surface area contributed by atoms with E-state index >= 15 is 0 Å². The summed E-state index contributed by atoms with van der Waals surface area (Å²) in [5, 5.41) is 0. The molecule has 0 aliphatic rings. The second-order valence-electron chi connectivity index (χ2n) is 4.24. The van der Waals surface area contributed by atoms with E-state index in [0.717, 1.165) is 37.2 Å². The van der Waals surface area contributed by atoms with Gasteiger partial charge in [0.1, 0.15) is 0 Å². The SMILES string of the molecule is CCCCOc1nc(OCCCS)nc(OCCCS)n1. The largest absolute Gasteiger partial charge is 0.463 e. The van der Waals surface area contributed by atoms with Crippen molar-refractivity contribution < 1.29 is 14.2 Å². The highest BCUT2D eigenvalue weighted by Crippen LogP contribution is 2.15. The van der Waals surface area contributed by atoms with Gasteiger partial charge in [-0.2, -0.15) is 25.3 Å². The number of aromatic nitrogens is 3. The van der Waals surface area contributed by atoms with Crippen LogP contribution >= 0.6 is 25.3 Å². The first-order valence-corrected chi connectivity index (χ1v) is 8.42. The lowest BCUT2D eigenvalue weighted by Crippen LogP contribution is -2.09. The lowest BCUT2D eigenvalue weighted by atomic mass is 10.4. The van der Waals surface area contributed by atoms with Gasteiger partial charge < -0.3 is 14.2 Å². The van der Waals surface area contributed by atoms with Crippen molar-refractivity contribution in [1.29, 1.82) is 0 Å². The molecule has 6 nitrogen and oxygen atoms in total. The number of unbranched alkanes of at least 4 members (excludes halogenated alkanes) is 1. The fourth-order valence-corrected chi connectivity index (χ4v) is 1.54. The summed E-state index contributed by atoms with van der Waals surface area (Å²) >= 11 is 8.26. The van der Waals surface area contributed by atoms with Crippen LogP contribution in [0.4, 0.5) is 0 Å². The molecule has 0 spiro atoms. The molecule has 0 saturated carbocycles. The number of nitrogens with zero attached hydrogens (tertiary/aromatic N) is 3. The van der Waals surface area contributed by atoms with Crippen LogP contribution in [0, 0.1) is 0 Å². The fraction of sp³-hybridized carbons (Fsp3) is 0.769. The van der Waals surface area contributed by atoms with Gasteiger partial charge in [-0.1, -0.05) is 13.3 Å². The fourth-order valence-electron chi connectivity index (χ4n) is 1.28. The molecule has 21 heavy (non-hydrogen) atoms. The van der Waals surface area contributed by atoms with Crippen LogP contribution in [0.3, 0.4) is 0 Å². The smallest absolute Gasteiger partial charge is 0.325 e. The van der Waals surface area contributed by atoms with Crippen LogP contribution in [0.5, 0.6) is 18.0 Å². The standard InChI is InChI=1S/C13H23N3O3S2/c1-2-3-6-17-11-14-12(18-7-4-9-20)16-13(15-11)19-8-5-10-21/h20-21H,2-10H2,1H3. The number of rotatable bonds is 12. The first kappa shape index (κ1) is 18.2. The van der Waals surface area contributed by atoms with Crippen LogP contribution in [-0.2, 0) is 0 Å². The molecule has 0 N–H and O–H groups in total. The normalized spacial score (nSPS) is 10.4. The van der Waals surface area contributed by atoms with Crippen LogP contribution in [-0.4, -0.2) is 46.3 Å². The van der Waals surface area contributed by atoms with Gasteiger partial charge in [0.25, 0.3) is 0 Å². The molecule has 0 saturated heterocycles. The average molecular weight is 333 g/mol. The Bertz CT molecular complexity index is 327. The van der Waals surface area contributed by atoms with E-state index in [4.69, 9.17) is 14.2 Å². The van der Waals surface area contributed by atoms with Gasteiger partial charge in [0.15, 0.2) is 0 Å². The molecule has 0 atom stereocenters. The molecule has 0 aromatic carbocycles. The van der Waals surface area contributed by atoms with Gasteiger partial charge in [-0.15, -0.1) is 15.0 Å². The minimum atomic E-state index is 0.221. The van der Waals surface area contributed by atoms with Gasteiger partial charge >= 0.3 is 18.0 Å². The average Bonchev–Trinajstić information content (AvgIpc) is 2.48. The minimum absolute atomic E-state index is 0.221. The molecule has 0 amide bonds. The second kappa shape index (κ2) is 11.7. The summed E-state index contributed by atoms with van der Waals surface area (Å²) in [5.74, 6) is 1.49. The lowest BCUT2D eigenvalue weighted by Gasteiger charge is -2.09. The van der Waals surface area contributed by atoms with E-state index in [-0.39, 0.29) is 18.0 Å². The number of thiol groups is 2. The van der Waals surface area contributed by atoms with E-state index in [9.17, 15) is 0 Å².